The van der Waals surface area contributed by atoms with Gasteiger partial charge >= 0.3 is 0 Å². The molecule has 1 unspecified atom stereocenters. The van der Waals surface area contributed by atoms with Crippen LogP contribution in [0.15, 0.2) is 40.6 Å². The van der Waals surface area contributed by atoms with Crippen LogP contribution in [0.25, 0.3) is 5.57 Å². The Hall–Kier alpha value is -4.13. The van der Waals surface area contributed by atoms with E-state index >= 15 is 0 Å². The first kappa shape index (κ1) is 38.3. The van der Waals surface area contributed by atoms with E-state index in [1.54, 1.807) is 14.2 Å². The molecule has 0 aliphatic carbocycles. The number of allylic oxidation sites excluding steroid dienone is 1. The molecule has 0 amide bonds. The van der Waals surface area contributed by atoms with Crippen molar-refractivity contribution < 1.29 is 23.4 Å². The lowest BCUT2D eigenvalue weighted by Gasteiger charge is -2.44. The fourth-order valence-corrected chi connectivity index (χ4v) is 7.43. The number of anilines is 1. The minimum Gasteiger partial charge on any atom is -0.494 e. The number of rotatable bonds is 17. The van der Waals surface area contributed by atoms with Gasteiger partial charge in [-0.1, -0.05) is 6.08 Å². The Labute approximate surface area is 284 Å². The van der Waals surface area contributed by atoms with Crippen LogP contribution < -0.4 is 14.4 Å². The van der Waals surface area contributed by atoms with Gasteiger partial charge < -0.3 is 23.4 Å². The minimum atomic E-state index is -1.30. The predicted molar refractivity (Wildman–Crippen MR) is 187 cm³/mol. The second kappa shape index (κ2) is 17.3. The highest BCUT2D eigenvalue weighted by Crippen LogP contribution is 2.52. The molecule has 1 heterocycles. The van der Waals surface area contributed by atoms with Gasteiger partial charge in [0.1, 0.15) is 11.8 Å². The molecule has 0 N–H and O–H groups in total. The molecule has 1 aliphatic heterocycles. The van der Waals surface area contributed by atoms with E-state index in [-0.39, 0.29) is 34.6 Å². The summed E-state index contributed by atoms with van der Waals surface area (Å²) < 4.78 is 26.3. The zero-order chi connectivity index (χ0) is 35.6. The minimum absolute atomic E-state index is 0.0271. The fourth-order valence-electron chi connectivity index (χ4n) is 5.80. The zero-order valence-electron chi connectivity index (χ0n) is 29.3. The summed E-state index contributed by atoms with van der Waals surface area (Å²) in [6.45, 7) is 16.4. The average Bonchev–Trinajstić information content (AvgIpc) is 3.03. The third-order valence-electron chi connectivity index (χ3n) is 7.78. The molecule has 48 heavy (non-hydrogen) atoms. The SMILES string of the molecule is COc1cc2c(c(OC)c1N=Nc1ccc([N+](=O)[O-])cc1C#N)C(C)=CC(C)(C)N2CCCCOP(OCCC#N)N(C(C)C)C(C)C. The van der Waals surface area contributed by atoms with Crippen LogP contribution in [0.4, 0.5) is 22.7 Å². The number of non-ortho nitro benzene ring substituents is 1. The van der Waals surface area contributed by atoms with E-state index in [1.165, 1.54) is 18.2 Å². The highest BCUT2D eigenvalue weighted by atomic mass is 31.2. The molecule has 13 nitrogen and oxygen atoms in total. The van der Waals surface area contributed by atoms with Crippen molar-refractivity contribution in [3.05, 3.63) is 51.6 Å². The Kier molecular flexibility index (Phi) is 13.8. The van der Waals surface area contributed by atoms with E-state index in [0.717, 1.165) is 36.2 Å². The Morgan fingerprint density at radius 3 is 2.31 bits per heavy atom. The number of hydrogen-bond acceptors (Lipinski definition) is 12. The molecular formula is C34H46N7O6P. The largest absolute Gasteiger partial charge is 0.494 e. The smallest absolute Gasteiger partial charge is 0.270 e. The first-order valence-electron chi connectivity index (χ1n) is 15.9. The second-order valence-electron chi connectivity index (χ2n) is 12.3. The number of nitrogens with zero attached hydrogens (tertiary/aromatic N) is 7. The first-order valence-corrected chi connectivity index (χ1v) is 17.0. The Bertz CT molecular complexity index is 1590. The van der Waals surface area contributed by atoms with Crippen molar-refractivity contribution in [2.24, 2.45) is 10.2 Å². The number of nitro groups is 1. The standard InChI is InChI=1S/C34H46N7O6P/c1-23(2)40(24(3)4)48(47-18-12-15-35)46-17-11-10-16-39-29-20-30(44-8)32(33(45-9)31(29)25(5)21-34(39,6)7)38-37-28-14-13-27(41(42)43)19-26(28)22-36/h13-14,19-21,23-24H,10-12,16-18H2,1-9H3. The summed E-state index contributed by atoms with van der Waals surface area (Å²) in [6, 6.07) is 10.3. The summed E-state index contributed by atoms with van der Waals surface area (Å²) in [5.41, 5.74) is 2.80. The maximum atomic E-state index is 11.2. The van der Waals surface area contributed by atoms with Gasteiger partial charge in [-0.05, 0) is 72.9 Å². The Balaban J connectivity index is 1.88. The molecule has 14 heteroatoms. The topological polar surface area (TPSA) is 159 Å². The van der Waals surface area contributed by atoms with Gasteiger partial charge in [0.05, 0.1) is 61.6 Å². The average molecular weight is 680 g/mol. The lowest BCUT2D eigenvalue weighted by atomic mass is 9.87. The van der Waals surface area contributed by atoms with Crippen LogP contribution in [-0.4, -0.2) is 61.2 Å². The van der Waals surface area contributed by atoms with Gasteiger partial charge in [-0.25, -0.2) is 4.67 Å². The molecular weight excluding hydrogens is 633 g/mol. The Morgan fingerprint density at radius 2 is 1.73 bits per heavy atom. The maximum Gasteiger partial charge on any atom is 0.270 e. The van der Waals surface area contributed by atoms with Crippen molar-refractivity contribution in [2.45, 2.75) is 85.4 Å². The molecule has 258 valence electrons. The summed E-state index contributed by atoms with van der Waals surface area (Å²) in [5, 5.41) is 38.5. The predicted octanol–water partition coefficient (Wildman–Crippen LogP) is 8.97. The van der Waals surface area contributed by atoms with Crippen LogP contribution in [-0.2, 0) is 9.05 Å². The molecule has 2 aromatic carbocycles. The number of nitro benzene ring substituents is 1. The van der Waals surface area contributed by atoms with E-state index in [0.29, 0.717) is 36.8 Å². The molecule has 3 rings (SSSR count). The van der Waals surface area contributed by atoms with Crippen molar-refractivity contribution in [1.82, 2.24) is 4.67 Å². The normalized spacial score (nSPS) is 14.5. The lowest BCUT2D eigenvalue weighted by molar-refractivity contribution is -0.384. The van der Waals surface area contributed by atoms with Crippen LogP contribution >= 0.6 is 8.53 Å². The fraction of sp³-hybridized carbons (Fsp3) is 0.529. The van der Waals surface area contributed by atoms with E-state index in [9.17, 15) is 15.4 Å². The van der Waals surface area contributed by atoms with E-state index in [1.807, 2.05) is 19.1 Å². The number of methoxy groups -OCH3 is 2. The first-order chi connectivity index (χ1) is 22.8. The lowest BCUT2D eigenvalue weighted by Crippen LogP contribution is -2.45. The van der Waals surface area contributed by atoms with Gasteiger partial charge in [0.25, 0.3) is 14.2 Å². The highest BCUT2D eigenvalue weighted by molar-refractivity contribution is 7.44. The maximum absolute atomic E-state index is 11.2. The molecule has 1 aliphatic rings. The summed E-state index contributed by atoms with van der Waals surface area (Å²) >= 11 is 0. The molecule has 0 radical (unpaired) electrons. The van der Waals surface area contributed by atoms with Crippen LogP contribution in [0.5, 0.6) is 11.5 Å². The van der Waals surface area contributed by atoms with Gasteiger partial charge in [0.15, 0.2) is 17.2 Å². The third-order valence-corrected chi connectivity index (χ3v) is 9.89. The third kappa shape index (κ3) is 9.06. The number of benzene rings is 2. The molecule has 0 aromatic heterocycles. The van der Waals surface area contributed by atoms with Crippen molar-refractivity contribution in [1.29, 1.82) is 10.5 Å². The summed E-state index contributed by atoms with van der Waals surface area (Å²) in [6.07, 6.45) is 4.14. The quantitative estimate of drug-likeness (QED) is 0.0519. The molecule has 2 aromatic rings. The number of nitriles is 2. The van der Waals surface area contributed by atoms with E-state index < -0.39 is 13.4 Å². The molecule has 0 saturated carbocycles. The number of unbranched alkanes of at least 4 members (excludes halogenated alkanes) is 1. The molecule has 0 fully saturated rings. The van der Waals surface area contributed by atoms with Gasteiger partial charge in [-0.2, -0.15) is 10.5 Å². The summed E-state index contributed by atoms with van der Waals surface area (Å²) in [4.78, 5) is 12.9. The van der Waals surface area contributed by atoms with Gasteiger partial charge in [0.2, 0.25) is 0 Å². The van der Waals surface area contributed by atoms with E-state index in [4.69, 9.17) is 23.8 Å². The molecule has 0 spiro atoms. The van der Waals surface area contributed by atoms with Crippen LogP contribution in [0, 0.1) is 32.8 Å². The number of hydrogen-bond donors (Lipinski definition) is 0. The van der Waals surface area contributed by atoms with E-state index in [2.05, 4.69) is 73.5 Å². The van der Waals surface area contributed by atoms with Crippen LogP contribution in [0.1, 0.15) is 78.9 Å². The van der Waals surface area contributed by atoms with Crippen molar-refractivity contribution >= 4 is 36.8 Å². The van der Waals surface area contributed by atoms with Gasteiger partial charge in [-0.15, -0.1) is 10.2 Å². The van der Waals surface area contributed by atoms with Crippen LogP contribution in [0.2, 0.25) is 0 Å². The molecule has 0 bridgehead atoms. The highest BCUT2D eigenvalue weighted by Gasteiger charge is 2.35. The number of ether oxygens (including phenoxy) is 2. The van der Waals surface area contributed by atoms with Crippen LogP contribution in [0.3, 0.4) is 0 Å². The zero-order valence-corrected chi connectivity index (χ0v) is 30.2. The summed E-state index contributed by atoms with van der Waals surface area (Å²) in [5.74, 6) is 0.893. The van der Waals surface area contributed by atoms with Crippen molar-refractivity contribution in [3.8, 4) is 23.6 Å². The van der Waals surface area contributed by atoms with Gasteiger partial charge in [-0.3, -0.25) is 10.1 Å². The Morgan fingerprint density at radius 1 is 1.04 bits per heavy atom. The molecule has 1 atom stereocenters. The van der Waals surface area contributed by atoms with Crippen molar-refractivity contribution in [3.63, 3.8) is 0 Å². The van der Waals surface area contributed by atoms with Crippen molar-refractivity contribution in [2.75, 3.05) is 38.9 Å². The molecule has 0 saturated heterocycles. The monoisotopic (exact) mass is 679 g/mol. The number of fused-ring (bicyclic) bond motifs is 1. The second-order valence-corrected chi connectivity index (χ2v) is 13.8. The van der Waals surface area contributed by atoms with Gasteiger partial charge in [0, 0.05) is 42.4 Å². The summed E-state index contributed by atoms with van der Waals surface area (Å²) in [7, 11) is 1.80. The number of azo groups is 1.